The number of aromatic nitrogens is 1. The molecule has 4 aromatic rings. The maximum atomic E-state index is 13.3. The van der Waals surface area contributed by atoms with E-state index in [4.69, 9.17) is 10.5 Å². The van der Waals surface area contributed by atoms with E-state index < -0.39 is 23.2 Å². The summed E-state index contributed by atoms with van der Waals surface area (Å²) in [5.74, 6) is -0.131. The largest absolute Gasteiger partial charge is 0.497 e. The number of benzene rings is 3. The van der Waals surface area contributed by atoms with Crippen LogP contribution >= 0.6 is 11.3 Å². The van der Waals surface area contributed by atoms with Gasteiger partial charge >= 0.3 is 6.18 Å². The number of carbonyl (C=O) groups is 1. The molecule has 1 heterocycles. The molecule has 0 aliphatic rings. The van der Waals surface area contributed by atoms with E-state index in [1.54, 1.807) is 31.4 Å². The Labute approximate surface area is 179 Å². The van der Waals surface area contributed by atoms with Crippen LogP contribution in [0.2, 0.25) is 0 Å². The van der Waals surface area contributed by atoms with Gasteiger partial charge in [0, 0.05) is 16.9 Å². The van der Waals surface area contributed by atoms with Crippen LogP contribution in [0.4, 0.5) is 24.5 Å². The summed E-state index contributed by atoms with van der Waals surface area (Å²) < 4.78 is 46.0. The molecule has 9 heteroatoms. The zero-order chi connectivity index (χ0) is 22.2. The summed E-state index contributed by atoms with van der Waals surface area (Å²) in [6, 6.07) is 15.4. The number of nitrogen functional groups attached to an aromatic ring is 1. The predicted molar refractivity (Wildman–Crippen MR) is 115 cm³/mol. The molecule has 0 saturated heterocycles. The smallest absolute Gasteiger partial charge is 0.417 e. The van der Waals surface area contributed by atoms with Crippen LogP contribution in [0.5, 0.6) is 5.75 Å². The Morgan fingerprint density at radius 2 is 1.81 bits per heavy atom. The Morgan fingerprint density at radius 1 is 1.06 bits per heavy atom. The molecular formula is C22H16F3N3O2S. The number of nitrogens with zero attached hydrogens (tertiary/aromatic N) is 1. The van der Waals surface area contributed by atoms with Gasteiger partial charge in [-0.1, -0.05) is 0 Å². The second-order valence-corrected chi connectivity index (χ2v) is 7.72. The van der Waals surface area contributed by atoms with Gasteiger partial charge in [0.1, 0.15) is 10.8 Å². The van der Waals surface area contributed by atoms with Crippen molar-refractivity contribution in [3.63, 3.8) is 0 Å². The zero-order valence-electron chi connectivity index (χ0n) is 16.2. The molecule has 0 radical (unpaired) electrons. The number of anilines is 2. The number of alkyl halides is 3. The molecule has 4 rings (SSSR count). The number of carbonyl (C=O) groups excluding carboxylic acids is 1. The van der Waals surface area contributed by atoms with Crippen molar-refractivity contribution < 1.29 is 22.7 Å². The molecule has 0 unspecified atom stereocenters. The van der Waals surface area contributed by atoms with Crippen molar-refractivity contribution in [2.75, 3.05) is 18.2 Å². The lowest BCUT2D eigenvalue weighted by Crippen LogP contribution is -2.19. The molecule has 31 heavy (non-hydrogen) atoms. The fraction of sp³-hybridized carbons (Fsp3) is 0.0909. The van der Waals surface area contributed by atoms with Crippen molar-refractivity contribution in [2.45, 2.75) is 6.18 Å². The molecule has 1 amide bonds. The third-order valence-electron chi connectivity index (χ3n) is 4.58. The molecule has 3 N–H and O–H groups in total. The Bertz CT molecular complexity index is 1270. The highest BCUT2D eigenvalue weighted by molar-refractivity contribution is 7.21. The van der Waals surface area contributed by atoms with E-state index in [0.29, 0.717) is 5.69 Å². The molecule has 0 aliphatic heterocycles. The minimum absolute atomic E-state index is 0.0679. The number of ether oxygens (including phenoxy) is 1. The third-order valence-corrected chi connectivity index (χ3v) is 5.65. The van der Waals surface area contributed by atoms with E-state index in [-0.39, 0.29) is 5.69 Å². The standard InChI is InChI=1S/C22H16F3N3O2S/c1-30-15-7-9-18-19(11-15)31-21(28-18)12-2-5-14(6-3-12)27-20(29)16-8-4-13(26)10-17(16)22(23,24)25/h2-11H,26H2,1H3,(H,27,29). The monoisotopic (exact) mass is 443 g/mol. The zero-order valence-corrected chi connectivity index (χ0v) is 17.0. The normalized spacial score (nSPS) is 11.5. The van der Waals surface area contributed by atoms with Crippen LogP contribution < -0.4 is 15.8 Å². The molecule has 0 fully saturated rings. The van der Waals surface area contributed by atoms with Crippen LogP contribution in [0.1, 0.15) is 15.9 Å². The van der Waals surface area contributed by atoms with Crippen LogP contribution in [0.25, 0.3) is 20.8 Å². The van der Waals surface area contributed by atoms with Crippen LogP contribution in [-0.4, -0.2) is 18.0 Å². The van der Waals surface area contributed by atoms with Gasteiger partial charge in [-0.2, -0.15) is 13.2 Å². The van der Waals surface area contributed by atoms with Gasteiger partial charge in [0.25, 0.3) is 5.91 Å². The van der Waals surface area contributed by atoms with Crippen LogP contribution in [0, 0.1) is 0 Å². The highest BCUT2D eigenvalue weighted by Gasteiger charge is 2.35. The molecule has 158 valence electrons. The number of methoxy groups -OCH3 is 1. The second-order valence-electron chi connectivity index (χ2n) is 6.69. The summed E-state index contributed by atoms with van der Waals surface area (Å²) >= 11 is 1.49. The Hall–Kier alpha value is -3.59. The average molecular weight is 443 g/mol. The number of hydrogen-bond donors (Lipinski definition) is 2. The van der Waals surface area contributed by atoms with Crippen molar-refractivity contribution in [1.82, 2.24) is 4.98 Å². The first-order valence-corrected chi connectivity index (χ1v) is 9.89. The number of nitrogens with two attached hydrogens (primary N) is 1. The van der Waals surface area contributed by atoms with Gasteiger partial charge in [0.15, 0.2) is 0 Å². The lowest BCUT2D eigenvalue weighted by Gasteiger charge is -2.13. The summed E-state index contributed by atoms with van der Waals surface area (Å²) in [5.41, 5.74) is 5.83. The maximum Gasteiger partial charge on any atom is 0.417 e. The fourth-order valence-electron chi connectivity index (χ4n) is 3.04. The van der Waals surface area contributed by atoms with Gasteiger partial charge in [0.2, 0.25) is 0 Å². The Balaban J connectivity index is 1.56. The van der Waals surface area contributed by atoms with Gasteiger partial charge in [-0.15, -0.1) is 11.3 Å². The topological polar surface area (TPSA) is 77.2 Å². The summed E-state index contributed by atoms with van der Waals surface area (Å²) in [6.07, 6.45) is -4.69. The molecule has 3 aromatic carbocycles. The second kappa shape index (κ2) is 7.92. The van der Waals surface area contributed by atoms with E-state index in [9.17, 15) is 18.0 Å². The number of halogens is 3. The average Bonchev–Trinajstić information content (AvgIpc) is 3.16. The van der Waals surface area contributed by atoms with Gasteiger partial charge < -0.3 is 15.8 Å². The molecule has 0 saturated carbocycles. The van der Waals surface area contributed by atoms with E-state index >= 15 is 0 Å². The van der Waals surface area contributed by atoms with Gasteiger partial charge in [-0.05, 0) is 60.7 Å². The summed E-state index contributed by atoms with van der Waals surface area (Å²) in [5, 5.41) is 3.27. The fourth-order valence-corrected chi connectivity index (χ4v) is 4.04. The lowest BCUT2D eigenvalue weighted by molar-refractivity contribution is -0.137. The van der Waals surface area contributed by atoms with Crippen molar-refractivity contribution in [2.24, 2.45) is 0 Å². The summed E-state index contributed by atoms with van der Waals surface area (Å²) in [4.78, 5) is 17.0. The third kappa shape index (κ3) is 4.31. The van der Waals surface area contributed by atoms with Crippen molar-refractivity contribution in [3.05, 3.63) is 71.8 Å². The number of thiazole rings is 1. The van der Waals surface area contributed by atoms with Crippen LogP contribution in [0.15, 0.2) is 60.7 Å². The first-order valence-electron chi connectivity index (χ1n) is 9.08. The number of amides is 1. The highest BCUT2D eigenvalue weighted by atomic mass is 32.1. The number of rotatable bonds is 4. The van der Waals surface area contributed by atoms with Gasteiger partial charge in [-0.25, -0.2) is 4.98 Å². The number of nitrogens with one attached hydrogen (secondary N) is 1. The van der Waals surface area contributed by atoms with Crippen molar-refractivity contribution in [3.8, 4) is 16.3 Å². The SMILES string of the molecule is COc1ccc2nc(-c3ccc(NC(=O)c4ccc(N)cc4C(F)(F)F)cc3)sc2c1. The molecule has 0 spiro atoms. The van der Waals surface area contributed by atoms with Crippen LogP contribution in [0.3, 0.4) is 0 Å². The highest BCUT2D eigenvalue weighted by Crippen LogP contribution is 2.35. The maximum absolute atomic E-state index is 13.3. The van der Waals surface area contributed by atoms with E-state index in [1.807, 2.05) is 18.2 Å². The first-order chi connectivity index (χ1) is 14.7. The minimum Gasteiger partial charge on any atom is -0.497 e. The molecule has 0 bridgehead atoms. The van der Waals surface area contributed by atoms with Crippen LogP contribution in [-0.2, 0) is 6.18 Å². The molecule has 1 aromatic heterocycles. The number of hydrogen-bond acceptors (Lipinski definition) is 5. The lowest BCUT2D eigenvalue weighted by atomic mass is 10.1. The Kier molecular flexibility index (Phi) is 5.28. The van der Waals surface area contributed by atoms with E-state index in [0.717, 1.165) is 38.7 Å². The first kappa shape index (κ1) is 20.7. The molecule has 0 atom stereocenters. The number of fused-ring (bicyclic) bond motifs is 1. The minimum atomic E-state index is -4.69. The molecule has 0 aliphatic carbocycles. The van der Waals surface area contributed by atoms with E-state index in [2.05, 4.69) is 10.3 Å². The summed E-state index contributed by atoms with van der Waals surface area (Å²) in [7, 11) is 1.60. The Morgan fingerprint density at radius 3 is 2.48 bits per heavy atom. The van der Waals surface area contributed by atoms with Gasteiger partial charge in [-0.3, -0.25) is 4.79 Å². The van der Waals surface area contributed by atoms with E-state index in [1.165, 1.54) is 17.4 Å². The van der Waals surface area contributed by atoms with Crippen molar-refractivity contribution >= 4 is 38.8 Å². The molecular weight excluding hydrogens is 427 g/mol. The predicted octanol–water partition coefficient (Wildman–Crippen LogP) is 5.83. The quantitative estimate of drug-likeness (QED) is 0.389. The van der Waals surface area contributed by atoms with Crippen molar-refractivity contribution in [1.29, 1.82) is 0 Å². The molecule has 5 nitrogen and oxygen atoms in total. The summed E-state index contributed by atoms with van der Waals surface area (Å²) in [6.45, 7) is 0. The van der Waals surface area contributed by atoms with Gasteiger partial charge in [0.05, 0.1) is 28.5 Å².